The number of hydrogen-bond acceptors (Lipinski definition) is 5. The number of rotatable bonds is 8. The molecule has 0 saturated heterocycles. The van der Waals surface area contributed by atoms with Crippen molar-refractivity contribution in [1.82, 2.24) is 9.62 Å². The number of sulfonamides is 1. The number of nitrogens with zero attached hydrogens (tertiary/aromatic N) is 2. The molecule has 0 saturated carbocycles. The highest BCUT2D eigenvalue weighted by Crippen LogP contribution is 2.30. The summed E-state index contributed by atoms with van der Waals surface area (Å²) < 4.78 is 36.4. The molecule has 0 atom stereocenters. The van der Waals surface area contributed by atoms with Crippen molar-refractivity contribution in [3.05, 3.63) is 48.0 Å². The second kappa shape index (κ2) is 12.0. The second-order valence-electron chi connectivity index (χ2n) is 6.28. The smallest absolute Gasteiger partial charge is 0.242 e. The van der Waals surface area contributed by atoms with Gasteiger partial charge < -0.3 is 20.1 Å². The van der Waals surface area contributed by atoms with Gasteiger partial charge in [-0.05, 0) is 36.8 Å². The number of ether oxygens (including phenoxy) is 2. The van der Waals surface area contributed by atoms with E-state index in [1.807, 2.05) is 25.1 Å². The highest BCUT2D eigenvalue weighted by atomic mass is 127. The lowest BCUT2D eigenvalue weighted by molar-refractivity contribution is 0.311. The molecule has 8 nitrogen and oxygen atoms in total. The van der Waals surface area contributed by atoms with E-state index in [0.717, 1.165) is 11.3 Å². The van der Waals surface area contributed by atoms with Crippen LogP contribution in [0.1, 0.15) is 12.5 Å². The molecule has 0 aliphatic carbocycles. The van der Waals surface area contributed by atoms with Crippen molar-refractivity contribution < 1.29 is 17.9 Å². The fraction of sp³-hybridized carbons (Fsp3) is 0.350. The molecule has 2 aromatic carbocycles. The number of anilines is 1. The highest BCUT2D eigenvalue weighted by molar-refractivity contribution is 14.0. The zero-order valence-electron chi connectivity index (χ0n) is 17.8. The molecule has 0 spiro atoms. The third kappa shape index (κ3) is 6.74. The van der Waals surface area contributed by atoms with Crippen molar-refractivity contribution in [2.45, 2.75) is 18.4 Å². The molecule has 30 heavy (non-hydrogen) atoms. The van der Waals surface area contributed by atoms with Gasteiger partial charge in [-0.25, -0.2) is 12.7 Å². The van der Waals surface area contributed by atoms with Crippen molar-refractivity contribution in [1.29, 1.82) is 0 Å². The zero-order valence-corrected chi connectivity index (χ0v) is 20.9. The van der Waals surface area contributed by atoms with Crippen molar-refractivity contribution in [2.75, 3.05) is 40.2 Å². The minimum absolute atomic E-state index is 0. The Kier molecular flexibility index (Phi) is 10.4. The molecule has 166 valence electrons. The Morgan fingerprint density at radius 2 is 1.77 bits per heavy atom. The first kappa shape index (κ1) is 26.0. The Balaban J connectivity index is 0.00000450. The van der Waals surface area contributed by atoms with E-state index in [-0.39, 0.29) is 28.9 Å². The maximum absolute atomic E-state index is 12.1. The standard InChI is InChI=1S/C20H28N4O4S.HI/c1-6-28-19-13-16(9-12-18(19)27-5)23-20(21-2)22-14-15-7-10-17(11-8-15)29(25,26)24(3)4;/h7-13H,6,14H2,1-5H3,(H2,21,22,23);1H. The summed E-state index contributed by atoms with van der Waals surface area (Å²) >= 11 is 0. The van der Waals surface area contributed by atoms with Gasteiger partial charge in [0.05, 0.1) is 18.6 Å². The Morgan fingerprint density at radius 3 is 2.30 bits per heavy atom. The average molecular weight is 548 g/mol. The van der Waals surface area contributed by atoms with E-state index >= 15 is 0 Å². The fourth-order valence-corrected chi connectivity index (χ4v) is 3.42. The molecule has 0 heterocycles. The zero-order chi connectivity index (χ0) is 21.4. The summed E-state index contributed by atoms with van der Waals surface area (Å²) in [4.78, 5) is 4.48. The van der Waals surface area contributed by atoms with Gasteiger partial charge in [0.25, 0.3) is 0 Å². The summed E-state index contributed by atoms with van der Waals surface area (Å²) in [6.07, 6.45) is 0. The molecule has 2 rings (SSSR count). The van der Waals surface area contributed by atoms with Crippen LogP contribution in [0.25, 0.3) is 0 Å². The van der Waals surface area contributed by atoms with Gasteiger partial charge in [0, 0.05) is 39.4 Å². The monoisotopic (exact) mass is 548 g/mol. The number of methoxy groups -OCH3 is 1. The van der Waals surface area contributed by atoms with Crippen LogP contribution in [0.5, 0.6) is 11.5 Å². The fourth-order valence-electron chi connectivity index (χ4n) is 2.51. The van der Waals surface area contributed by atoms with Crippen LogP contribution < -0.4 is 20.1 Å². The average Bonchev–Trinajstić information content (AvgIpc) is 2.71. The van der Waals surface area contributed by atoms with Crippen molar-refractivity contribution in [3.63, 3.8) is 0 Å². The predicted octanol–water partition coefficient (Wildman–Crippen LogP) is 3.15. The predicted molar refractivity (Wildman–Crippen MR) is 131 cm³/mol. The van der Waals surface area contributed by atoms with Crippen molar-refractivity contribution >= 4 is 45.6 Å². The lowest BCUT2D eigenvalue weighted by Gasteiger charge is -2.15. The van der Waals surface area contributed by atoms with E-state index in [1.54, 1.807) is 38.4 Å². The third-order valence-corrected chi connectivity index (χ3v) is 5.94. The van der Waals surface area contributed by atoms with E-state index in [9.17, 15) is 8.42 Å². The first-order chi connectivity index (χ1) is 13.8. The molecule has 0 aliphatic heterocycles. The number of benzene rings is 2. The maximum atomic E-state index is 12.1. The molecule has 2 N–H and O–H groups in total. The van der Waals surface area contributed by atoms with Gasteiger partial charge in [-0.2, -0.15) is 0 Å². The summed E-state index contributed by atoms with van der Waals surface area (Å²) in [6.45, 7) is 2.93. The van der Waals surface area contributed by atoms with E-state index in [4.69, 9.17) is 9.47 Å². The summed E-state index contributed by atoms with van der Waals surface area (Å²) in [7, 11) is 2.86. The molecule has 0 fully saturated rings. The van der Waals surface area contributed by atoms with Crippen LogP contribution in [0.2, 0.25) is 0 Å². The second-order valence-corrected chi connectivity index (χ2v) is 8.43. The van der Waals surface area contributed by atoms with E-state index < -0.39 is 10.0 Å². The summed E-state index contributed by atoms with van der Waals surface area (Å²) in [5.41, 5.74) is 1.73. The maximum Gasteiger partial charge on any atom is 0.242 e. The summed E-state index contributed by atoms with van der Waals surface area (Å²) in [5, 5.41) is 6.40. The number of halogens is 1. The highest BCUT2D eigenvalue weighted by Gasteiger charge is 2.16. The topological polar surface area (TPSA) is 92.3 Å². The molecule has 0 aromatic heterocycles. The minimum Gasteiger partial charge on any atom is -0.493 e. The Morgan fingerprint density at radius 1 is 1.10 bits per heavy atom. The van der Waals surface area contributed by atoms with Crippen LogP contribution >= 0.6 is 24.0 Å². The number of nitrogens with one attached hydrogen (secondary N) is 2. The molecule has 0 bridgehead atoms. The molecular formula is C20H29IN4O4S. The SMILES string of the molecule is CCOc1cc(NC(=NC)NCc2ccc(S(=O)(=O)N(C)C)cc2)ccc1OC.I. The van der Waals surface area contributed by atoms with Crippen LogP contribution in [0.3, 0.4) is 0 Å². The van der Waals surface area contributed by atoms with Crippen molar-refractivity contribution in [3.8, 4) is 11.5 Å². The largest absolute Gasteiger partial charge is 0.493 e. The molecule has 0 aliphatic rings. The molecular weight excluding hydrogens is 519 g/mol. The number of hydrogen-bond donors (Lipinski definition) is 2. The van der Waals surface area contributed by atoms with E-state index in [2.05, 4.69) is 15.6 Å². The molecule has 0 radical (unpaired) electrons. The first-order valence-corrected chi connectivity index (χ1v) is 10.6. The Bertz CT molecular complexity index is 948. The van der Waals surface area contributed by atoms with Gasteiger partial charge in [-0.1, -0.05) is 12.1 Å². The lowest BCUT2D eigenvalue weighted by atomic mass is 10.2. The van der Waals surface area contributed by atoms with Crippen LogP contribution in [0, 0.1) is 0 Å². The van der Waals surface area contributed by atoms with Crippen LogP contribution in [0.15, 0.2) is 52.4 Å². The van der Waals surface area contributed by atoms with E-state index in [1.165, 1.54) is 18.4 Å². The molecule has 10 heteroatoms. The molecule has 0 amide bonds. The van der Waals surface area contributed by atoms with Crippen LogP contribution in [-0.4, -0.2) is 53.5 Å². The minimum atomic E-state index is -3.43. The van der Waals surface area contributed by atoms with Gasteiger partial charge in [0.1, 0.15) is 0 Å². The molecule has 2 aromatic rings. The lowest BCUT2D eigenvalue weighted by Crippen LogP contribution is -2.30. The van der Waals surface area contributed by atoms with Gasteiger partial charge >= 0.3 is 0 Å². The van der Waals surface area contributed by atoms with Gasteiger partial charge in [-0.3, -0.25) is 4.99 Å². The Labute approximate surface area is 195 Å². The van der Waals surface area contributed by atoms with Gasteiger partial charge in [-0.15, -0.1) is 24.0 Å². The third-order valence-electron chi connectivity index (χ3n) is 4.11. The van der Waals surface area contributed by atoms with Crippen LogP contribution in [-0.2, 0) is 16.6 Å². The van der Waals surface area contributed by atoms with Crippen molar-refractivity contribution in [2.24, 2.45) is 4.99 Å². The quantitative estimate of drug-likeness (QED) is 0.299. The molecule has 0 unspecified atom stereocenters. The number of guanidine groups is 1. The Hall–Kier alpha value is -2.05. The summed E-state index contributed by atoms with van der Waals surface area (Å²) in [5.74, 6) is 1.88. The number of aliphatic imine (C=N–C) groups is 1. The van der Waals surface area contributed by atoms with Gasteiger partial charge in [0.2, 0.25) is 10.0 Å². The van der Waals surface area contributed by atoms with Crippen LogP contribution in [0.4, 0.5) is 5.69 Å². The van der Waals surface area contributed by atoms with E-state index in [0.29, 0.717) is 30.6 Å². The summed E-state index contributed by atoms with van der Waals surface area (Å²) in [6, 6.07) is 12.3. The normalized spacial score (nSPS) is 11.6. The van der Waals surface area contributed by atoms with Gasteiger partial charge in [0.15, 0.2) is 17.5 Å². The first-order valence-electron chi connectivity index (χ1n) is 9.11.